The van der Waals surface area contributed by atoms with Crippen molar-refractivity contribution in [1.82, 2.24) is 4.98 Å². The van der Waals surface area contributed by atoms with Crippen LogP contribution in [0.1, 0.15) is 5.89 Å². The number of oxazole rings is 1. The fourth-order valence-corrected chi connectivity index (χ4v) is 1.41. The number of nitro benzene ring substituents is 1. The third-order valence-corrected chi connectivity index (χ3v) is 2.23. The van der Waals surface area contributed by atoms with Crippen LogP contribution in [0.25, 0.3) is 11.3 Å². The van der Waals surface area contributed by atoms with Gasteiger partial charge in [0.2, 0.25) is 5.89 Å². The van der Waals surface area contributed by atoms with E-state index in [9.17, 15) is 18.9 Å². The molecule has 0 amide bonds. The zero-order chi connectivity index (χ0) is 13.3. The van der Waals surface area contributed by atoms with Gasteiger partial charge in [0.1, 0.15) is 0 Å². The maximum atomic E-state index is 13.1. The Morgan fingerprint density at radius 1 is 1.39 bits per heavy atom. The van der Waals surface area contributed by atoms with Crippen molar-refractivity contribution in [3.63, 3.8) is 0 Å². The lowest BCUT2D eigenvalue weighted by molar-refractivity contribution is -0.384. The molecule has 0 atom stereocenters. The molecule has 0 saturated heterocycles. The van der Waals surface area contributed by atoms with E-state index in [1.807, 2.05) is 0 Å². The highest BCUT2D eigenvalue weighted by molar-refractivity contribution is 5.69. The molecule has 0 aliphatic carbocycles. The van der Waals surface area contributed by atoms with Crippen molar-refractivity contribution in [2.24, 2.45) is 5.73 Å². The zero-order valence-electron chi connectivity index (χ0n) is 8.89. The first-order valence-electron chi connectivity index (χ1n) is 4.81. The number of hydrogen-bond acceptors (Lipinski definition) is 5. The Balaban J connectivity index is 2.61. The summed E-state index contributed by atoms with van der Waals surface area (Å²) in [6.45, 7) is -0.00251. The summed E-state index contributed by atoms with van der Waals surface area (Å²) in [6, 6.07) is 1.18. The van der Waals surface area contributed by atoms with Gasteiger partial charge < -0.3 is 10.2 Å². The van der Waals surface area contributed by atoms with Crippen molar-refractivity contribution < 1.29 is 18.1 Å². The van der Waals surface area contributed by atoms with E-state index in [0.717, 1.165) is 0 Å². The molecular formula is C10H7F2N3O3. The number of halogens is 2. The minimum Gasteiger partial charge on any atom is -0.439 e. The minimum absolute atomic E-state index is 0.00251. The quantitative estimate of drug-likeness (QED) is 0.668. The molecule has 0 radical (unpaired) electrons. The Labute approximate surface area is 99.2 Å². The van der Waals surface area contributed by atoms with Crippen LogP contribution in [0.5, 0.6) is 0 Å². The molecule has 0 saturated carbocycles. The van der Waals surface area contributed by atoms with E-state index in [1.54, 1.807) is 0 Å². The van der Waals surface area contributed by atoms with Gasteiger partial charge in [0, 0.05) is 0 Å². The molecule has 2 rings (SSSR count). The summed E-state index contributed by atoms with van der Waals surface area (Å²) in [7, 11) is 0. The fraction of sp³-hybridized carbons (Fsp3) is 0.100. The normalized spacial score (nSPS) is 10.6. The van der Waals surface area contributed by atoms with Crippen molar-refractivity contribution in [3.05, 3.63) is 46.0 Å². The number of nitrogens with two attached hydrogens (primary N) is 1. The van der Waals surface area contributed by atoms with Crippen LogP contribution >= 0.6 is 0 Å². The second-order valence-corrected chi connectivity index (χ2v) is 3.36. The molecule has 0 aliphatic heterocycles. The SMILES string of the molecule is NCc1ncc(-c2cc(F)c(F)cc2[N+](=O)[O-])o1. The van der Waals surface area contributed by atoms with Gasteiger partial charge in [-0.25, -0.2) is 13.8 Å². The summed E-state index contributed by atoms with van der Waals surface area (Å²) < 4.78 is 31.1. The Morgan fingerprint density at radius 2 is 2.06 bits per heavy atom. The van der Waals surface area contributed by atoms with Gasteiger partial charge in [-0.05, 0) is 6.07 Å². The first kappa shape index (κ1) is 12.1. The summed E-state index contributed by atoms with van der Waals surface area (Å²) in [6.07, 6.45) is 1.17. The zero-order valence-corrected chi connectivity index (χ0v) is 8.89. The van der Waals surface area contributed by atoms with Crippen LogP contribution in [0.2, 0.25) is 0 Å². The van der Waals surface area contributed by atoms with Gasteiger partial charge in [-0.3, -0.25) is 10.1 Å². The summed E-state index contributed by atoms with van der Waals surface area (Å²) in [5.41, 5.74) is 4.48. The summed E-state index contributed by atoms with van der Waals surface area (Å²) in [5.74, 6) is -2.41. The van der Waals surface area contributed by atoms with E-state index in [0.29, 0.717) is 12.1 Å². The molecule has 1 heterocycles. The van der Waals surface area contributed by atoms with Gasteiger partial charge in [0.05, 0.1) is 29.3 Å². The lowest BCUT2D eigenvalue weighted by atomic mass is 10.1. The Hall–Kier alpha value is -2.35. The van der Waals surface area contributed by atoms with E-state index in [2.05, 4.69) is 4.98 Å². The monoisotopic (exact) mass is 255 g/mol. The van der Waals surface area contributed by atoms with Crippen LogP contribution < -0.4 is 5.73 Å². The smallest absolute Gasteiger partial charge is 0.283 e. The standard InChI is InChI=1S/C10H7F2N3O3/c11-6-1-5(8(15(16)17)2-7(6)12)9-4-14-10(3-13)18-9/h1-2,4H,3,13H2. The molecule has 1 aromatic heterocycles. The molecule has 0 fully saturated rings. The lowest BCUT2D eigenvalue weighted by Crippen LogP contribution is -1.96. The molecule has 8 heteroatoms. The van der Waals surface area contributed by atoms with Gasteiger partial charge in [-0.15, -0.1) is 0 Å². The van der Waals surface area contributed by atoms with Crippen LogP contribution in [-0.2, 0) is 6.54 Å². The summed E-state index contributed by atoms with van der Waals surface area (Å²) >= 11 is 0. The van der Waals surface area contributed by atoms with Crippen molar-refractivity contribution >= 4 is 5.69 Å². The van der Waals surface area contributed by atoms with Crippen molar-refractivity contribution in [1.29, 1.82) is 0 Å². The summed E-state index contributed by atoms with van der Waals surface area (Å²) in [5, 5.41) is 10.8. The van der Waals surface area contributed by atoms with Gasteiger partial charge in [0.15, 0.2) is 17.4 Å². The van der Waals surface area contributed by atoms with Gasteiger partial charge in [-0.1, -0.05) is 0 Å². The second-order valence-electron chi connectivity index (χ2n) is 3.36. The number of rotatable bonds is 3. The average Bonchev–Trinajstić information content (AvgIpc) is 2.80. The number of aromatic nitrogens is 1. The van der Waals surface area contributed by atoms with Gasteiger partial charge in [-0.2, -0.15) is 0 Å². The predicted molar refractivity (Wildman–Crippen MR) is 56.4 cm³/mol. The first-order valence-corrected chi connectivity index (χ1v) is 4.81. The highest BCUT2D eigenvalue weighted by atomic mass is 19.2. The largest absolute Gasteiger partial charge is 0.439 e. The van der Waals surface area contributed by atoms with Crippen LogP contribution in [0, 0.1) is 21.7 Å². The first-order chi connectivity index (χ1) is 8.52. The van der Waals surface area contributed by atoms with Crippen LogP contribution in [-0.4, -0.2) is 9.91 Å². The molecule has 0 unspecified atom stereocenters. The number of nitro groups is 1. The van der Waals surface area contributed by atoms with E-state index < -0.39 is 22.2 Å². The molecule has 94 valence electrons. The molecule has 18 heavy (non-hydrogen) atoms. The third-order valence-electron chi connectivity index (χ3n) is 2.23. The summed E-state index contributed by atoms with van der Waals surface area (Å²) in [4.78, 5) is 13.7. The molecular weight excluding hydrogens is 248 g/mol. The van der Waals surface area contributed by atoms with Crippen molar-refractivity contribution in [2.45, 2.75) is 6.54 Å². The molecule has 1 aromatic carbocycles. The molecule has 0 bridgehead atoms. The minimum atomic E-state index is -1.30. The predicted octanol–water partition coefficient (Wildman–Crippen LogP) is 1.99. The van der Waals surface area contributed by atoms with Gasteiger partial charge in [0.25, 0.3) is 5.69 Å². The van der Waals surface area contributed by atoms with E-state index in [4.69, 9.17) is 10.2 Å². The maximum Gasteiger partial charge on any atom is 0.283 e. The van der Waals surface area contributed by atoms with Gasteiger partial charge >= 0.3 is 0 Å². The Kier molecular flexibility index (Phi) is 3.02. The number of benzene rings is 1. The Bertz CT molecular complexity index is 612. The van der Waals surface area contributed by atoms with Crippen LogP contribution in [0.4, 0.5) is 14.5 Å². The van der Waals surface area contributed by atoms with Crippen molar-refractivity contribution in [3.8, 4) is 11.3 Å². The lowest BCUT2D eigenvalue weighted by Gasteiger charge is -2.00. The van der Waals surface area contributed by atoms with Crippen LogP contribution in [0.3, 0.4) is 0 Å². The number of hydrogen-bond donors (Lipinski definition) is 1. The second kappa shape index (κ2) is 4.49. The number of nitrogens with zero attached hydrogens (tertiary/aromatic N) is 2. The third kappa shape index (κ3) is 2.05. The molecule has 0 aliphatic rings. The Morgan fingerprint density at radius 3 is 2.61 bits per heavy atom. The maximum absolute atomic E-state index is 13.1. The van der Waals surface area contributed by atoms with E-state index in [-0.39, 0.29) is 23.8 Å². The van der Waals surface area contributed by atoms with E-state index in [1.165, 1.54) is 6.20 Å². The molecule has 0 spiro atoms. The molecule has 6 nitrogen and oxygen atoms in total. The van der Waals surface area contributed by atoms with Crippen LogP contribution in [0.15, 0.2) is 22.7 Å². The van der Waals surface area contributed by atoms with E-state index >= 15 is 0 Å². The average molecular weight is 255 g/mol. The highest BCUT2D eigenvalue weighted by Gasteiger charge is 2.22. The fourth-order valence-electron chi connectivity index (χ4n) is 1.41. The van der Waals surface area contributed by atoms with Crippen molar-refractivity contribution in [2.75, 3.05) is 0 Å². The topological polar surface area (TPSA) is 95.2 Å². The molecule has 2 aromatic rings. The highest BCUT2D eigenvalue weighted by Crippen LogP contribution is 2.32. The molecule has 2 N–H and O–H groups in total.